The SMILES string of the molecule is CN(C)c1ccc(C2=C[C@@]3(c4ccc(N(C)C)cc4)C(C#N)=C(c4ccc(N(C)C)cc4)[C@]4(C#N)C(c5ccc(N(C)C)cc5)=C[C@@]43C2(C#N)C#N)cc1. The first-order valence-corrected chi connectivity index (χ1v) is 17.8. The highest BCUT2D eigenvalue weighted by Gasteiger charge is 2.87. The van der Waals surface area contributed by atoms with E-state index in [0.717, 1.165) is 33.9 Å². The molecule has 0 saturated carbocycles. The molecular formula is C46H42N8. The Morgan fingerprint density at radius 3 is 1.20 bits per heavy atom. The molecule has 0 amide bonds. The summed E-state index contributed by atoms with van der Waals surface area (Å²) in [6.07, 6.45) is 3.96. The van der Waals surface area contributed by atoms with E-state index in [1.807, 2.05) is 185 Å². The maximum atomic E-state index is 12.0. The zero-order valence-corrected chi connectivity index (χ0v) is 32.0. The molecule has 0 fully saturated rings. The Labute approximate surface area is 318 Å². The van der Waals surface area contributed by atoms with Crippen LogP contribution >= 0.6 is 0 Å². The molecule has 8 nitrogen and oxygen atoms in total. The molecule has 7 rings (SSSR count). The van der Waals surface area contributed by atoms with Crippen molar-refractivity contribution in [1.29, 1.82) is 21.0 Å². The Balaban J connectivity index is 1.67. The minimum Gasteiger partial charge on any atom is -0.378 e. The standard InChI is InChI=1S/C46H42N8/c1-51(2)35-17-9-31(10-18-35)39-25-44(34-15-23-38(24-16-34)54(7)8)41(27-47)42(33-13-21-37(22-14-33)53(5)6)45(30-50)40(26-46(44,45)43(39,28-48)29-49)32-11-19-36(20-12-32)52(3)4/h9-26H,1-8H3/t44-,45+,46+/m1/s1. The number of allylic oxidation sites excluding steroid dienone is 6. The molecule has 0 aromatic heterocycles. The summed E-state index contributed by atoms with van der Waals surface area (Å²) in [7, 11) is 15.7. The van der Waals surface area contributed by atoms with Crippen molar-refractivity contribution in [3.8, 4) is 24.3 Å². The fourth-order valence-electron chi connectivity index (χ4n) is 9.21. The normalized spacial score (nSPS) is 22.9. The van der Waals surface area contributed by atoms with Gasteiger partial charge in [0.2, 0.25) is 0 Å². The van der Waals surface area contributed by atoms with E-state index < -0.39 is 21.7 Å². The predicted molar refractivity (Wildman–Crippen MR) is 217 cm³/mol. The predicted octanol–water partition coefficient (Wildman–Crippen LogP) is 7.90. The molecule has 3 atom stereocenters. The van der Waals surface area contributed by atoms with Crippen molar-refractivity contribution in [1.82, 2.24) is 0 Å². The molecule has 8 heteroatoms. The van der Waals surface area contributed by atoms with Gasteiger partial charge < -0.3 is 19.6 Å². The number of hydrogen-bond donors (Lipinski definition) is 0. The molecule has 3 aliphatic rings. The van der Waals surface area contributed by atoms with Crippen LogP contribution in [0, 0.1) is 61.6 Å². The second-order valence-electron chi connectivity index (χ2n) is 15.2. The lowest BCUT2D eigenvalue weighted by Gasteiger charge is -2.59. The summed E-state index contributed by atoms with van der Waals surface area (Å²) in [5.41, 5.74) is 2.44. The monoisotopic (exact) mass is 706 g/mol. The number of hydrogen-bond acceptors (Lipinski definition) is 8. The van der Waals surface area contributed by atoms with Crippen LogP contribution in [0.5, 0.6) is 0 Å². The van der Waals surface area contributed by atoms with Gasteiger partial charge in [-0.05, 0) is 87.5 Å². The van der Waals surface area contributed by atoms with Crippen LogP contribution in [0.3, 0.4) is 0 Å². The third kappa shape index (κ3) is 4.32. The average molecular weight is 707 g/mol. The Morgan fingerprint density at radius 1 is 0.444 bits per heavy atom. The van der Waals surface area contributed by atoms with Crippen molar-refractivity contribution in [3.63, 3.8) is 0 Å². The Kier molecular flexibility index (Phi) is 8.22. The van der Waals surface area contributed by atoms with Crippen molar-refractivity contribution in [2.24, 2.45) is 16.2 Å². The zero-order valence-electron chi connectivity index (χ0n) is 32.0. The highest BCUT2D eigenvalue weighted by molar-refractivity contribution is 6.08. The van der Waals surface area contributed by atoms with E-state index in [0.29, 0.717) is 33.4 Å². The largest absolute Gasteiger partial charge is 0.378 e. The summed E-state index contributed by atoms with van der Waals surface area (Å²) in [6, 6.07) is 42.0. The van der Waals surface area contributed by atoms with Gasteiger partial charge in [-0.3, -0.25) is 0 Å². The summed E-state index contributed by atoms with van der Waals surface area (Å²) in [5.74, 6) is 0. The topological polar surface area (TPSA) is 108 Å². The van der Waals surface area contributed by atoms with Gasteiger partial charge in [0, 0.05) is 79.1 Å². The van der Waals surface area contributed by atoms with E-state index in [2.05, 4.69) is 24.3 Å². The third-order valence-electron chi connectivity index (χ3n) is 11.9. The van der Waals surface area contributed by atoms with E-state index in [-0.39, 0.29) is 0 Å². The summed E-state index contributed by atoms with van der Waals surface area (Å²) in [6.45, 7) is 0. The number of anilines is 4. The van der Waals surface area contributed by atoms with Crippen LogP contribution < -0.4 is 19.6 Å². The number of rotatable bonds is 8. The van der Waals surface area contributed by atoms with Gasteiger partial charge in [0.15, 0.2) is 5.41 Å². The lowest BCUT2D eigenvalue weighted by Crippen LogP contribution is -2.61. The minimum atomic E-state index is -1.89. The van der Waals surface area contributed by atoms with Gasteiger partial charge in [0.25, 0.3) is 0 Å². The molecule has 0 radical (unpaired) electrons. The van der Waals surface area contributed by atoms with E-state index in [4.69, 9.17) is 0 Å². The second kappa shape index (κ2) is 12.4. The minimum absolute atomic E-state index is 0.352. The smallest absolute Gasteiger partial charge is 0.181 e. The van der Waals surface area contributed by atoms with Crippen molar-refractivity contribution in [3.05, 3.63) is 137 Å². The van der Waals surface area contributed by atoms with Crippen LogP contribution in [-0.4, -0.2) is 56.4 Å². The van der Waals surface area contributed by atoms with Gasteiger partial charge in [-0.1, -0.05) is 60.7 Å². The van der Waals surface area contributed by atoms with Crippen LogP contribution in [0.4, 0.5) is 22.7 Å². The van der Waals surface area contributed by atoms with Gasteiger partial charge in [0.05, 0.1) is 40.7 Å². The molecular weight excluding hydrogens is 665 g/mol. The maximum absolute atomic E-state index is 12.0. The van der Waals surface area contributed by atoms with Crippen molar-refractivity contribution in [2.45, 2.75) is 5.41 Å². The van der Waals surface area contributed by atoms with Gasteiger partial charge in [-0.2, -0.15) is 21.0 Å². The molecule has 0 N–H and O–H groups in total. The lowest BCUT2D eigenvalue weighted by atomic mass is 9.36. The highest BCUT2D eigenvalue weighted by atomic mass is 15.1. The fraction of sp³-hybridized carbons (Fsp3) is 0.261. The van der Waals surface area contributed by atoms with Crippen LogP contribution in [0.2, 0.25) is 0 Å². The second-order valence-corrected chi connectivity index (χ2v) is 15.2. The Bertz CT molecular complexity index is 2410. The zero-order chi connectivity index (χ0) is 38.8. The van der Waals surface area contributed by atoms with Crippen molar-refractivity contribution >= 4 is 39.5 Å². The summed E-state index contributed by atoms with van der Waals surface area (Å²) in [4.78, 5) is 7.99. The van der Waals surface area contributed by atoms with Crippen molar-refractivity contribution in [2.75, 3.05) is 76.0 Å². The van der Waals surface area contributed by atoms with E-state index >= 15 is 0 Å². The molecule has 1 spiro atoms. The summed E-state index contributed by atoms with van der Waals surface area (Å²) < 4.78 is 0. The van der Waals surface area contributed by atoms with E-state index in [9.17, 15) is 21.0 Å². The molecule has 0 aliphatic heterocycles. The highest BCUT2D eigenvalue weighted by Crippen LogP contribution is 2.87. The van der Waals surface area contributed by atoms with E-state index in [1.165, 1.54) is 0 Å². The van der Waals surface area contributed by atoms with Crippen LogP contribution in [0.1, 0.15) is 22.3 Å². The number of nitrogens with zero attached hydrogens (tertiary/aromatic N) is 8. The number of nitriles is 4. The summed E-state index contributed by atoms with van der Waals surface area (Å²) >= 11 is 0. The Morgan fingerprint density at radius 2 is 0.833 bits per heavy atom. The quantitative estimate of drug-likeness (QED) is 0.182. The number of benzene rings is 4. The molecule has 0 unspecified atom stereocenters. The van der Waals surface area contributed by atoms with Crippen LogP contribution in [0.25, 0.3) is 16.7 Å². The average Bonchev–Trinajstić information content (AvgIpc) is 3.54. The molecule has 266 valence electrons. The van der Waals surface area contributed by atoms with Gasteiger partial charge in [-0.25, -0.2) is 0 Å². The Hall–Kier alpha value is -6.74. The van der Waals surface area contributed by atoms with Gasteiger partial charge in [-0.15, -0.1) is 0 Å². The molecule has 4 aromatic carbocycles. The maximum Gasteiger partial charge on any atom is 0.181 e. The first kappa shape index (κ1) is 35.7. The summed E-state index contributed by atoms with van der Waals surface area (Å²) in [5, 5.41) is 46.9. The van der Waals surface area contributed by atoms with Crippen molar-refractivity contribution < 1.29 is 0 Å². The first-order chi connectivity index (χ1) is 25.8. The lowest BCUT2D eigenvalue weighted by molar-refractivity contribution is 0.125. The molecule has 4 aromatic rings. The molecule has 0 bridgehead atoms. The van der Waals surface area contributed by atoms with E-state index in [1.54, 1.807) is 0 Å². The van der Waals surface area contributed by atoms with Crippen LogP contribution in [0.15, 0.2) is 115 Å². The molecule has 0 saturated heterocycles. The first-order valence-electron chi connectivity index (χ1n) is 17.8. The van der Waals surface area contributed by atoms with Crippen LogP contribution in [-0.2, 0) is 5.41 Å². The molecule has 0 heterocycles. The fourth-order valence-corrected chi connectivity index (χ4v) is 9.21. The van der Waals surface area contributed by atoms with Gasteiger partial charge >= 0.3 is 0 Å². The molecule has 54 heavy (non-hydrogen) atoms. The van der Waals surface area contributed by atoms with Gasteiger partial charge in [0.1, 0.15) is 5.41 Å². The third-order valence-corrected chi connectivity index (χ3v) is 11.9. The molecule has 3 aliphatic carbocycles.